The van der Waals surface area contributed by atoms with Crippen LogP contribution in [0.3, 0.4) is 0 Å². The first-order valence-electron chi connectivity index (χ1n) is 6.48. The van der Waals surface area contributed by atoms with E-state index in [1.807, 2.05) is 30.3 Å². The Hall–Kier alpha value is -0.970. The van der Waals surface area contributed by atoms with Crippen molar-refractivity contribution in [2.75, 3.05) is 6.61 Å². The molecule has 1 saturated heterocycles. The molecule has 0 aliphatic carbocycles. The third-order valence-corrected chi connectivity index (χ3v) is 4.89. The smallest absolute Gasteiger partial charge is 0.146 e. The van der Waals surface area contributed by atoms with Crippen LogP contribution in [-0.2, 0) is 4.74 Å². The van der Waals surface area contributed by atoms with Gasteiger partial charge in [-0.05, 0) is 24.8 Å². The van der Waals surface area contributed by atoms with E-state index >= 15 is 0 Å². The van der Waals surface area contributed by atoms with Gasteiger partial charge in [-0.1, -0.05) is 41.7 Å². The fraction of sp³-hybridized carbons (Fsp3) is 0.429. The highest BCUT2D eigenvalue weighted by molar-refractivity contribution is 7.11. The lowest BCUT2D eigenvalue weighted by atomic mass is 10.1. The molecule has 2 aromatic rings. The van der Waals surface area contributed by atoms with Gasteiger partial charge in [0.15, 0.2) is 0 Å². The number of nitrogens with zero attached hydrogens (tertiary/aromatic N) is 2. The number of alkyl halides is 1. The lowest BCUT2D eigenvalue weighted by Crippen LogP contribution is -2.11. The van der Waals surface area contributed by atoms with Gasteiger partial charge in [0, 0.05) is 6.61 Å². The molecule has 1 fully saturated rings. The number of rotatable bonds is 3. The molecule has 19 heavy (non-hydrogen) atoms. The first-order chi connectivity index (χ1) is 9.34. The minimum absolute atomic E-state index is 0.111. The third kappa shape index (κ3) is 2.96. The summed E-state index contributed by atoms with van der Waals surface area (Å²) in [5.74, 6) is 0. The topological polar surface area (TPSA) is 35.0 Å². The van der Waals surface area contributed by atoms with E-state index in [2.05, 4.69) is 10.2 Å². The normalized spacial score (nSPS) is 21.2. The summed E-state index contributed by atoms with van der Waals surface area (Å²) in [6.45, 7) is 0.822. The Labute approximate surface area is 121 Å². The Morgan fingerprint density at radius 2 is 2.05 bits per heavy atom. The fourth-order valence-electron chi connectivity index (χ4n) is 2.18. The average molecular weight is 295 g/mol. The van der Waals surface area contributed by atoms with E-state index in [0.717, 1.165) is 35.0 Å². The second kappa shape index (κ2) is 5.99. The number of hydrogen-bond donors (Lipinski definition) is 0. The van der Waals surface area contributed by atoms with Crippen molar-refractivity contribution in [3.05, 3.63) is 45.9 Å². The van der Waals surface area contributed by atoms with E-state index < -0.39 is 0 Å². The van der Waals surface area contributed by atoms with Gasteiger partial charge < -0.3 is 4.74 Å². The van der Waals surface area contributed by atoms with E-state index in [1.54, 1.807) is 11.3 Å². The largest absolute Gasteiger partial charge is 0.371 e. The molecule has 0 N–H and O–H groups in total. The molecule has 1 aliphatic rings. The molecule has 0 saturated carbocycles. The van der Waals surface area contributed by atoms with Crippen LogP contribution in [-0.4, -0.2) is 16.8 Å². The first-order valence-corrected chi connectivity index (χ1v) is 7.74. The van der Waals surface area contributed by atoms with Gasteiger partial charge in [-0.2, -0.15) is 0 Å². The number of hydrogen-bond acceptors (Lipinski definition) is 4. The summed E-state index contributed by atoms with van der Waals surface area (Å²) < 4.78 is 5.73. The van der Waals surface area contributed by atoms with Gasteiger partial charge in [0.25, 0.3) is 0 Å². The first kappa shape index (κ1) is 13.0. The highest BCUT2D eigenvalue weighted by atomic mass is 35.5. The quantitative estimate of drug-likeness (QED) is 0.799. The number of aromatic nitrogens is 2. The maximum absolute atomic E-state index is 6.45. The van der Waals surface area contributed by atoms with Crippen LogP contribution in [0.4, 0.5) is 0 Å². The highest BCUT2D eigenvalue weighted by Crippen LogP contribution is 2.35. The van der Waals surface area contributed by atoms with Crippen LogP contribution in [0.1, 0.15) is 46.3 Å². The lowest BCUT2D eigenvalue weighted by Gasteiger charge is -2.19. The Balaban J connectivity index is 1.77. The van der Waals surface area contributed by atoms with Gasteiger partial charge in [0.1, 0.15) is 21.5 Å². The molecule has 2 atom stereocenters. The van der Waals surface area contributed by atoms with E-state index in [-0.39, 0.29) is 11.5 Å². The summed E-state index contributed by atoms with van der Waals surface area (Å²) in [5, 5.41) is 10.0. The zero-order chi connectivity index (χ0) is 13.1. The average Bonchev–Trinajstić information content (AvgIpc) is 2.98. The van der Waals surface area contributed by atoms with Crippen LogP contribution in [0.15, 0.2) is 30.3 Å². The molecule has 0 spiro atoms. The molecule has 100 valence electrons. The molecule has 2 unspecified atom stereocenters. The molecular weight excluding hydrogens is 280 g/mol. The van der Waals surface area contributed by atoms with Crippen molar-refractivity contribution in [3.63, 3.8) is 0 Å². The van der Waals surface area contributed by atoms with Crippen LogP contribution in [0.2, 0.25) is 0 Å². The molecule has 1 aromatic carbocycles. The zero-order valence-corrected chi connectivity index (χ0v) is 12.0. The van der Waals surface area contributed by atoms with Crippen molar-refractivity contribution in [1.29, 1.82) is 0 Å². The molecule has 0 bridgehead atoms. The van der Waals surface area contributed by atoms with Crippen molar-refractivity contribution in [2.24, 2.45) is 0 Å². The maximum Gasteiger partial charge on any atom is 0.146 e. The molecule has 0 amide bonds. The second-order valence-corrected chi connectivity index (χ2v) is 6.08. The maximum atomic E-state index is 6.45. The third-order valence-electron chi connectivity index (χ3n) is 3.22. The van der Waals surface area contributed by atoms with Crippen LogP contribution in [0.25, 0.3) is 0 Å². The standard InChI is InChI=1S/C14H15ClN2OS/c15-12(10-6-2-1-3-7-10)14-17-16-13(19-14)11-8-4-5-9-18-11/h1-3,6-7,11-12H,4-5,8-9H2. The Bertz CT molecular complexity index is 525. The molecule has 1 aliphatic heterocycles. The monoisotopic (exact) mass is 294 g/mol. The molecule has 5 heteroatoms. The van der Waals surface area contributed by atoms with Crippen molar-refractivity contribution in [3.8, 4) is 0 Å². The van der Waals surface area contributed by atoms with Crippen LogP contribution < -0.4 is 0 Å². The van der Waals surface area contributed by atoms with Crippen molar-refractivity contribution in [2.45, 2.75) is 30.7 Å². The van der Waals surface area contributed by atoms with Gasteiger partial charge in [-0.3, -0.25) is 0 Å². The molecule has 1 aromatic heterocycles. The molecule has 3 rings (SSSR count). The van der Waals surface area contributed by atoms with E-state index in [4.69, 9.17) is 16.3 Å². The van der Waals surface area contributed by atoms with Gasteiger partial charge >= 0.3 is 0 Å². The van der Waals surface area contributed by atoms with Crippen molar-refractivity contribution in [1.82, 2.24) is 10.2 Å². The van der Waals surface area contributed by atoms with Crippen molar-refractivity contribution >= 4 is 22.9 Å². The van der Waals surface area contributed by atoms with Gasteiger partial charge in [-0.25, -0.2) is 0 Å². The lowest BCUT2D eigenvalue weighted by molar-refractivity contribution is 0.0144. The summed E-state index contributed by atoms with van der Waals surface area (Å²) >= 11 is 8.01. The Kier molecular flexibility index (Phi) is 4.11. The minimum Gasteiger partial charge on any atom is -0.371 e. The number of ether oxygens (including phenoxy) is 1. The van der Waals surface area contributed by atoms with Crippen LogP contribution in [0.5, 0.6) is 0 Å². The van der Waals surface area contributed by atoms with Gasteiger partial charge in [0.05, 0.1) is 0 Å². The predicted octanol–water partition coefficient (Wildman–Crippen LogP) is 4.11. The number of halogens is 1. The summed E-state index contributed by atoms with van der Waals surface area (Å²) in [4.78, 5) is 0. The van der Waals surface area contributed by atoms with E-state index in [9.17, 15) is 0 Å². The summed E-state index contributed by atoms with van der Waals surface area (Å²) in [6, 6.07) is 9.97. The Morgan fingerprint density at radius 1 is 1.21 bits per heavy atom. The second-order valence-electron chi connectivity index (χ2n) is 4.61. The zero-order valence-electron chi connectivity index (χ0n) is 10.5. The SMILES string of the molecule is ClC(c1ccccc1)c1nnc(C2CCCCO2)s1. The summed E-state index contributed by atoms with van der Waals surface area (Å²) in [6.07, 6.45) is 3.49. The highest BCUT2D eigenvalue weighted by Gasteiger charge is 2.23. The fourth-order valence-corrected chi connectivity index (χ4v) is 3.44. The van der Waals surface area contributed by atoms with Gasteiger partial charge in [-0.15, -0.1) is 21.8 Å². The van der Waals surface area contributed by atoms with E-state index in [1.165, 1.54) is 6.42 Å². The van der Waals surface area contributed by atoms with Crippen molar-refractivity contribution < 1.29 is 4.74 Å². The molecule has 2 heterocycles. The molecular formula is C14H15ClN2OS. The predicted molar refractivity (Wildman–Crippen MR) is 76.6 cm³/mol. The summed E-state index contributed by atoms with van der Waals surface area (Å²) in [5.41, 5.74) is 1.05. The Morgan fingerprint density at radius 3 is 2.79 bits per heavy atom. The number of benzene rings is 1. The molecule has 0 radical (unpaired) electrons. The van der Waals surface area contributed by atoms with Gasteiger partial charge in [0.2, 0.25) is 0 Å². The minimum atomic E-state index is -0.226. The summed E-state index contributed by atoms with van der Waals surface area (Å²) in [7, 11) is 0. The van der Waals surface area contributed by atoms with Crippen LogP contribution >= 0.6 is 22.9 Å². The molecule has 3 nitrogen and oxygen atoms in total. The van der Waals surface area contributed by atoms with Crippen LogP contribution in [0, 0.1) is 0 Å². The van der Waals surface area contributed by atoms with E-state index in [0.29, 0.717) is 0 Å².